The van der Waals surface area contributed by atoms with Crippen molar-refractivity contribution in [3.63, 3.8) is 0 Å². The summed E-state index contributed by atoms with van der Waals surface area (Å²) in [4.78, 5) is 25.6. The highest BCUT2D eigenvalue weighted by Crippen LogP contribution is 2.03. The molecule has 2 N–H and O–H groups in total. The first-order valence-electron chi connectivity index (χ1n) is 6.36. The van der Waals surface area contributed by atoms with E-state index in [-0.39, 0.29) is 23.8 Å². The standard InChI is InChI=1S/C12H23N3O2/c1-4-10(14-11(16)9(2)3)12(17)15-7-5-13-6-8-15/h9-10,13H,4-8H2,1-3H3,(H,14,16). The molecule has 1 aliphatic rings. The van der Waals surface area contributed by atoms with Crippen LogP contribution in [0.4, 0.5) is 0 Å². The fourth-order valence-electron chi connectivity index (χ4n) is 1.78. The van der Waals surface area contributed by atoms with Crippen LogP contribution >= 0.6 is 0 Å². The molecule has 5 heteroatoms. The molecule has 1 heterocycles. The third-order valence-electron chi connectivity index (χ3n) is 2.98. The smallest absolute Gasteiger partial charge is 0.245 e. The summed E-state index contributed by atoms with van der Waals surface area (Å²) < 4.78 is 0. The lowest BCUT2D eigenvalue weighted by atomic mass is 10.1. The number of rotatable bonds is 4. The maximum Gasteiger partial charge on any atom is 0.245 e. The van der Waals surface area contributed by atoms with E-state index in [2.05, 4.69) is 10.6 Å². The monoisotopic (exact) mass is 241 g/mol. The third-order valence-corrected chi connectivity index (χ3v) is 2.98. The second-order valence-electron chi connectivity index (χ2n) is 4.70. The molecule has 0 bridgehead atoms. The molecule has 17 heavy (non-hydrogen) atoms. The summed E-state index contributed by atoms with van der Waals surface area (Å²) in [6.07, 6.45) is 0.640. The molecule has 1 atom stereocenters. The highest BCUT2D eigenvalue weighted by Gasteiger charge is 2.25. The van der Waals surface area contributed by atoms with Gasteiger partial charge in [0.05, 0.1) is 0 Å². The minimum Gasteiger partial charge on any atom is -0.344 e. The van der Waals surface area contributed by atoms with Crippen LogP contribution in [0.3, 0.4) is 0 Å². The van der Waals surface area contributed by atoms with Crippen molar-refractivity contribution >= 4 is 11.8 Å². The predicted molar refractivity (Wildman–Crippen MR) is 66.5 cm³/mol. The number of piperazine rings is 1. The van der Waals surface area contributed by atoms with Gasteiger partial charge in [-0.2, -0.15) is 0 Å². The van der Waals surface area contributed by atoms with Gasteiger partial charge in [-0.05, 0) is 6.42 Å². The van der Waals surface area contributed by atoms with E-state index in [1.807, 2.05) is 25.7 Å². The summed E-state index contributed by atoms with van der Waals surface area (Å²) in [6.45, 7) is 8.71. The summed E-state index contributed by atoms with van der Waals surface area (Å²) in [6, 6.07) is -0.372. The van der Waals surface area contributed by atoms with E-state index in [9.17, 15) is 9.59 Å². The molecule has 1 unspecified atom stereocenters. The molecule has 0 spiro atoms. The van der Waals surface area contributed by atoms with Gasteiger partial charge in [-0.1, -0.05) is 20.8 Å². The van der Waals surface area contributed by atoms with E-state index in [0.717, 1.165) is 26.2 Å². The van der Waals surface area contributed by atoms with Crippen molar-refractivity contribution in [3.8, 4) is 0 Å². The van der Waals surface area contributed by atoms with Crippen molar-refractivity contribution in [2.24, 2.45) is 5.92 Å². The molecule has 0 aromatic carbocycles. The van der Waals surface area contributed by atoms with Gasteiger partial charge in [0, 0.05) is 32.1 Å². The van der Waals surface area contributed by atoms with Crippen LogP contribution in [0.5, 0.6) is 0 Å². The van der Waals surface area contributed by atoms with Crippen LogP contribution in [0.15, 0.2) is 0 Å². The molecular weight excluding hydrogens is 218 g/mol. The maximum atomic E-state index is 12.2. The first-order valence-corrected chi connectivity index (χ1v) is 6.36. The van der Waals surface area contributed by atoms with Crippen LogP contribution in [0.2, 0.25) is 0 Å². The van der Waals surface area contributed by atoms with E-state index in [0.29, 0.717) is 6.42 Å². The summed E-state index contributed by atoms with van der Waals surface area (Å²) in [5, 5.41) is 6.02. The Kier molecular flexibility index (Phi) is 5.41. The lowest BCUT2D eigenvalue weighted by molar-refractivity contribution is -0.137. The van der Waals surface area contributed by atoms with Gasteiger partial charge in [0.1, 0.15) is 6.04 Å². The molecule has 98 valence electrons. The molecule has 0 aliphatic carbocycles. The molecule has 5 nitrogen and oxygen atoms in total. The van der Waals surface area contributed by atoms with Crippen molar-refractivity contribution in [1.82, 2.24) is 15.5 Å². The van der Waals surface area contributed by atoms with E-state index in [1.165, 1.54) is 0 Å². The number of nitrogens with zero attached hydrogens (tertiary/aromatic N) is 1. The minimum absolute atomic E-state index is 0.0444. The van der Waals surface area contributed by atoms with Crippen molar-refractivity contribution in [2.45, 2.75) is 33.2 Å². The quantitative estimate of drug-likeness (QED) is 0.726. The van der Waals surface area contributed by atoms with Crippen LogP contribution in [0.1, 0.15) is 27.2 Å². The highest BCUT2D eigenvalue weighted by molar-refractivity contribution is 5.88. The van der Waals surface area contributed by atoms with Crippen LogP contribution < -0.4 is 10.6 Å². The lowest BCUT2D eigenvalue weighted by Crippen LogP contribution is -2.54. The number of nitrogens with one attached hydrogen (secondary N) is 2. The van der Waals surface area contributed by atoms with Crippen LogP contribution in [0.25, 0.3) is 0 Å². The number of hydrogen-bond acceptors (Lipinski definition) is 3. The number of hydrogen-bond donors (Lipinski definition) is 2. The average molecular weight is 241 g/mol. The fraction of sp³-hybridized carbons (Fsp3) is 0.833. The first-order chi connectivity index (χ1) is 8.06. The average Bonchev–Trinajstić information content (AvgIpc) is 2.35. The van der Waals surface area contributed by atoms with Gasteiger partial charge in [0.2, 0.25) is 11.8 Å². The molecule has 1 fully saturated rings. The normalized spacial score (nSPS) is 18.0. The van der Waals surface area contributed by atoms with E-state index >= 15 is 0 Å². The Balaban J connectivity index is 2.53. The Labute approximate surface area is 103 Å². The molecule has 0 aromatic rings. The molecule has 1 saturated heterocycles. The Bertz CT molecular complexity index is 273. The van der Waals surface area contributed by atoms with Crippen molar-refractivity contribution in [2.75, 3.05) is 26.2 Å². The SMILES string of the molecule is CCC(NC(=O)C(C)C)C(=O)N1CCNCC1. The number of carbonyl (C=O) groups is 2. The number of carbonyl (C=O) groups excluding carboxylic acids is 2. The molecule has 2 amide bonds. The predicted octanol–water partition coefficient (Wildman–Crippen LogP) is -0.0310. The van der Waals surface area contributed by atoms with Gasteiger partial charge < -0.3 is 15.5 Å². The fourth-order valence-corrected chi connectivity index (χ4v) is 1.78. The summed E-state index contributed by atoms with van der Waals surface area (Å²) >= 11 is 0. The largest absolute Gasteiger partial charge is 0.344 e. The minimum atomic E-state index is -0.372. The van der Waals surface area contributed by atoms with E-state index in [4.69, 9.17) is 0 Å². The van der Waals surface area contributed by atoms with Crippen LogP contribution in [-0.4, -0.2) is 48.9 Å². The van der Waals surface area contributed by atoms with Gasteiger partial charge in [0.15, 0.2) is 0 Å². The molecule has 0 aromatic heterocycles. The second-order valence-corrected chi connectivity index (χ2v) is 4.70. The zero-order valence-electron chi connectivity index (χ0n) is 11.0. The summed E-state index contributed by atoms with van der Waals surface area (Å²) in [7, 11) is 0. The Morgan fingerprint density at radius 1 is 1.29 bits per heavy atom. The van der Waals surface area contributed by atoms with Gasteiger partial charge in [0.25, 0.3) is 0 Å². The van der Waals surface area contributed by atoms with E-state index in [1.54, 1.807) is 0 Å². The van der Waals surface area contributed by atoms with Crippen LogP contribution in [-0.2, 0) is 9.59 Å². The van der Waals surface area contributed by atoms with Gasteiger partial charge >= 0.3 is 0 Å². The summed E-state index contributed by atoms with van der Waals surface area (Å²) in [5.74, 6) is -0.0943. The van der Waals surface area contributed by atoms with Crippen molar-refractivity contribution in [3.05, 3.63) is 0 Å². The topological polar surface area (TPSA) is 61.4 Å². The van der Waals surface area contributed by atoms with Crippen LogP contribution in [0, 0.1) is 5.92 Å². The Morgan fingerprint density at radius 3 is 2.35 bits per heavy atom. The molecule has 0 saturated carbocycles. The van der Waals surface area contributed by atoms with Gasteiger partial charge in [-0.3, -0.25) is 9.59 Å². The van der Waals surface area contributed by atoms with Gasteiger partial charge in [-0.15, -0.1) is 0 Å². The molecule has 1 rings (SSSR count). The molecule has 0 radical (unpaired) electrons. The maximum absolute atomic E-state index is 12.2. The van der Waals surface area contributed by atoms with Crippen molar-refractivity contribution < 1.29 is 9.59 Å². The Hall–Kier alpha value is -1.10. The van der Waals surface area contributed by atoms with Crippen molar-refractivity contribution in [1.29, 1.82) is 0 Å². The first kappa shape index (κ1) is 14.0. The van der Waals surface area contributed by atoms with Gasteiger partial charge in [-0.25, -0.2) is 0 Å². The zero-order valence-corrected chi connectivity index (χ0v) is 11.0. The molecular formula is C12H23N3O2. The lowest BCUT2D eigenvalue weighted by Gasteiger charge is -2.31. The Morgan fingerprint density at radius 2 is 1.88 bits per heavy atom. The highest BCUT2D eigenvalue weighted by atomic mass is 16.2. The third kappa shape index (κ3) is 4.00. The molecule has 1 aliphatic heterocycles. The number of amides is 2. The second kappa shape index (κ2) is 6.59. The zero-order chi connectivity index (χ0) is 12.8. The van der Waals surface area contributed by atoms with E-state index < -0.39 is 0 Å². The summed E-state index contributed by atoms with van der Waals surface area (Å²) in [5.41, 5.74) is 0.